The van der Waals surface area contributed by atoms with Gasteiger partial charge in [0.15, 0.2) is 6.23 Å². The molecule has 1 fully saturated rings. The molecular formula is C28H26N2O12S3-2. The fourth-order valence-corrected chi connectivity index (χ4v) is 6.28. The minimum absolute atomic E-state index is 0.0179. The lowest BCUT2D eigenvalue weighted by atomic mass is 9.89. The summed E-state index contributed by atoms with van der Waals surface area (Å²) in [5.74, 6) is -1.73. The van der Waals surface area contributed by atoms with Crippen molar-refractivity contribution < 1.29 is 54.5 Å². The van der Waals surface area contributed by atoms with Gasteiger partial charge in [-0.05, 0) is 61.2 Å². The Morgan fingerprint density at radius 3 is 2.47 bits per heavy atom. The van der Waals surface area contributed by atoms with E-state index in [4.69, 9.17) is 9.30 Å². The maximum absolute atomic E-state index is 12.4. The molecule has 3 aliphatic rings. The van der Waals surface area contributed by atoms with Crippen LogP contribution in [0, 0.1) is 13.8 Å². The van der Waals surface area contributed by atoms with Gasteiger partial charge >= 0.3 is 5.97 Å². The van der Waals surface area contributed by atoms with E-state index in [-0.39, 0.29) is 24.3 Å². The molecule has 0 bridgehead atoms. The monoisotopic (exact) mass is 678 g/mol. The van der Waals surface area contributed by atoms with Gasteiger partial charge in [0.2, 0.25) is 0 Å². The van der Waals surface area contributed by atoms with E-state index in [9.17, 15) is 35.8 Å². The van der Waals surface area contributed by atoms with E-state index >= 15 is 0 Å². The van der Waals surface area contributed by atoms with Gasteiger partial charge in [-0.2, -0.15) is 4.89 Å². The summed E-state index contributed by atoms with van der Waals surface area (Å²) >= 11 is 3.50. The zero-order valence-corrected chi connectivity index (χ0v) is 26.3. The normalized spacial score (nSPS) is 16.0. The van der Waals surface area contributed by atoms with Gasteiger partial charge in [-0.25, -0.2) is 21.6 Å². The second-order valence-corrected chi connectivity index (χ2v) is 13.4. The first-order chi connectivity index (χ1) is 21.2. The van der Waals surface area contributed by atoms with Gasteiger partial charge in [0.05, 0.1) is 25.9 Å². The smallest absolute Gasteiger partial charge is 0.336 e. The van der Waals surface area contributed by atoms with E-state index in [0.29, 0.717) is 46.0 Å². The molecule has 1 N–H and O–H groups in total. The number of thiol groups is 1. The average molecular weight is 679 g/mol. The van der Waals surface area contributed by atoms with Crippen LogP contribution in [0.4, 0.5) is 5.69 Å². The highest BCUT2D eigenvalue weighted by molar-refractivity contribution is 7.86. The number of carbonyl (C=O) groups is 1. The molecule has 0 spiro atoms. The Morgan fingerprint density at radius 1 is 1.09 bits per heavy atom. The largest absolute Gasteiger partial charge is 0.748 e. The minimum atomic E-state index is -4.95. The van der Waals surface area contributed by atoms with Gasteiger partial charge in [-0.3, -0.25) is 4.99 Å². The predicted octanol–water partition coefficient (Wildman–Crippen LogP) is 3.52. The number of rotatable bonds is 11. The van der Waals surface area contributed by atoms with Crippen molar-refractivity contribution in [3.63, 3.8) is 0 Å². The summed E-state index contributed by atoms with van der Waals surface area (Å²) in [4.78, 5) is 23.2. The number of carboxylic acids is 1. The number of aromatic carboxylic acids is 1. The van der Waals surface area contributed by atoms with Crippen molar-refractivity contribution >= 4 is 55.8 Å². The number of nitrogens with zero attached hydrogens (tertiary/aromatic N) is 2. The topological polar surface area (TPSA) is 208 Å². The Morgan fingerprint density at radius 2 is 1.84 bits per heavy atom. The van der Waals surface area contributed by atoms with Crippen molar-refractivity contribution in [3.8, 4) is 22.5 Å². The second kappa shape index (κ2) is 12.7. The molecule has 17 heteroatoms. The number of benzene rings is 3. The van der Waals surface area contributed by atoms with Crippen LogP contribution in [0.1, 0.15) is 34.3 Å². The van der Waals surface area contributed by atoms with Crippen LogP contribution in [0.3, 0.4) is 0 Å². The highest BCUT2D eigenvalue weighted by atomic mass is 32.2. The first-order valence-electron chi connectivity index (χ1n) is 13.4. The lowest BCUT2D eigenvalue weighted by Crippen LogP contribution is -2.49. The van der Waals surface area contributed by atoms with E-state index in [0.717, 1.165) is 23.4 Å². The van der Waals surface area contributed by atoms with Gasteiger partial charge in [-0.15, -0.1) is 4.33 Å². The maximum atomic E-state index is 12.4. The number of fused-ring (bicyclic) bond motifs is 2. The van der Waals surface area contributed by atoms with Crippen LogP contribution >= 0.6 is 12.9 Å². The van der Waals surface area contributed by atoms with Crippen molar-refractivity contribution in [1.82, 2.24) is 0 Å². The Labute approximate surface area is 263 Å². The van der Waals surface area contributed by atoms with E-state index in [1.807, 2.05) is 11.8 Å². The molecule has 1 atom stereocenters. The molecule has 2 aromatic carbocycles. The summed E-state index contributed by atoms with van der Waals surface area (Å²) in [6.07, 6.45) is 0.160. The van der Waals surface area contributed by atoms with Crippen molar-refractivity contribution in [1.29, 1.82) is 0 Å². The summed E-state index contributed by atoms with van der Waals surface area (Å²) in [6.45, 7) is 4.26. The van der Waals surface area contributed by atoms with Crippen molar-refractivity contribution in [3.05, 3.63) is 64.5 Å². The third-order valence-corrected chi connectivity index (χ3v) is 9.10. The van der Waals surface area contributed by atoms with E-state index in [1.54, 1.807) is 31.2 Å². The first kappa shape index (κ1) is 32.8. The van der Waals surface area contributed by atoms with Gasteiger partial charge < -0.3 is 23.5 Å². The van der Waals surface area contributed by atoms with Crippen LogP contribution in [-0.2, 0) is 34.5 Å². The van der Waals surface area contributed by atoms with Crippen molar-refractivity contribution in [2.24, 2.45) is 4.99 Å². The van der Waals surface area contributed by atoms with E-state index in [2.05, 4.69) is 27.3 Å². The summed E-state index contributed by atoms with van der Waals surface area (Å²) in [5, 5.41) is 15.6. The maximum Gasteiger partial charge on any atom is 0.336 e. The molecule has 240 valence electrons. The number of aryl methyl sites for hydroxylation is 2. The Kier molecular flexibility index (Phi) is 9.25. The summed E-state index contributed by atoms with van der Waals surface area (Å²) < 4.78 is 78.8. The van der Waals surface area contributed by atoms with Crippen LogP contribution in [0.5, 0.6) is 0 Å². The standard InChI is InChI=1S/C28H28N2O12S3/c1-15-10-20-24(13-22(15)29-7-3-9-44(33,34)35)39-25-14-23(30-8-6-26(30)40-41-42-43)16(2)11-21(25)27(20)18-5-4-17(45(36,37)38)12-19(18)28(31)32/h4-5,10-14,26,43H,3,6-9H2,1-2H3,(H,31,32)(H,33,34,35)(H,36,37,38)/p-2. The number of hydrogen-bond donors (Lipinski definition) is 2. The molecule has 14 nitrogen and oxygen atoms in total. The molecule has 2 aliphatic heterocycles. The lowest BCUT2D eigenvalue weighted by molar-refractivity contribution is -0.480. The van der Waals surface area contributed by atoms with Crippen LogP contribution in [0.15, 0.2) is 56.8 Å². The van der Waals surface area contributed by atoms with Crippen molar-refractivity contribution in [2.75, 3.05) is 23.7 Å². The predicted molar refractivity (Wildman–Crippen MR) is 160 cm³/mol. The fraction of sp³-hybridized carbons (Fsp3) is 0.286. The molecule has 0 amide bonds. The third-order valence-electron chi connectivity index (χ3n) is 7.42. The summed E-state index contributed by atoms with van der Waals surface area (Å²) in [5.41, 5.74) is 3.07. The summed E-state index contributed by atoms with van der Waals surface area (Å²) in [7, 11) is -9.34. The Hall–Kier alpha value is -3.55. The molecular weight excluding hydrogens is 653 g/mol. The zero-order chi connectivity index (χ0) is 32.7. The van der Waals surface area contributed by atoms with Crippen LogP contribution < -0.4 is 10.3 Å². The highest BCUT2D eigenvalue weighted by Gasteiger charge is 2.33. The molecule has 0 aromatic heterocycles. The lowest BCUT2D eigenvalue weighted by Gasteiger charge is -2.41. The molecule has 45 heavy (non-hydrogen) atoms. The molecule has 5 rings (SSSR count). The number of anilines is 1. The molecule has 1 unspecified atom stereocenters. The van der Waals surface area contributed by atoms with Crippen LogP contribution in [-0.4, -0.2) is 62.1 Å². The van der Waals surface area contributed by atoms with E-state index in [1.165, 1.54) is 6.07 Å². The molecule has 2 aromatic rings. The second-order valence-electron chi connectivity index (χ2n) is 10.4. The highest BCUT2D eigenvalue weighted by Crippen LogP contribution is 2.44. The number of carboxylic acid groups (broad SMARTS) is 1. The van der Waals surface area contributed by atoms with Crippen LogP contribution in [0.25, 0.3) is 33.4 Å². The molecule has 2 heterocycles. The van der Waals surface area contributed by atoms with Gasteiger partial charge in [0.25, 0.3) is 0 Å². The van der Waals surface area contributed by atoms with Crippen molar-refractivity contribution in [2.45, 2.75) is 37.8 Å². The molecule has 1 aliphatic carbocycles. The number of hydrogen-bond acceptors (Lipinski definition) is 14. The SMILES string of the molecule is Cc1cc2c(-c3ccc(S(=O)(=O)[O-])cc3C(=O)O)c3cc(C)c(=NCCCS(=O)(=O)[O-])cc-3oc2cc1N1CCC1OOOS. The fourth-order valence-electron chi connectivity index (χ4n) is 5.26. The molecule has 1 saturated heterocycles. The van der Waals surface area contributed by atoms with Crippen LogP contribution in [0.2, 0.25) is 0 Å². The minimum Gasteiger partial charge on any atom is -0.748 e. The van der Waals surface area contributed by atoms with Gasteiger partial charge in [-0.1, -0.05) is 11.1 Å². The first-order valence-corrected chi connectivity index (χ1v) is 16.7. The summed E-state index contributed by atoms with van der Waals surface area (Å²) in [6, 6.07) is 10.0. The quantitative estimate of drug-likeness (QED) is 0.0443. The van der Waals surface area contributed by atoms with Gasteiger partial charge in [0, 0.05) is 72.5 Å². The zero-order valence-electron chi connectivity index (χ0n) is 23.8. The Balaban J connectivity index is 1.77. The Bertz CT molecular complexity index is 2060. The molecule has 0 radical (unpaired) electrons. The third kappa shape index (κ3) is 7.00. The average Bonchev–Trinajstić information content (AvgIpc) is 2.93. The van der Waals surface area contributed by atoms with E-state index < -0.39 is 48.6 Å². The molecule has 0 saturated carbocycles. The van der Waals surface area contributed by atoms with Gasteiger partial charge in [0.1, 0.15) is 21.5 Å².